The normalized spacial score (nSPS) is 22.4. The van der Waals surface area contributed by atoms with Crippen LogP contribution >= 0.6 is 0 Å². The molecule has 1 aromatic carbocycles. The van der Waals surface area contributed by atoms with Crippen LogP contribution in [0.1, 0.15) is 31.2 Å². The lowest BCUT2D eigenvalue weighted by Crippen LogP contribution is -2.57. The van der Waals surface area contributed by atoms with Gasteiger partial charge < -0.3 is 14.4 Å². The highest BCUT2D eigenvalue weighted by Gasteiger charge is 2.40. The molecule has 29 heavy (non-hydrogen) atoms. The molecule has 1 saturated carbocycles. The molecule has 4 rings (SSSR count). The minimum Gasteiger partial charge on any atom is -0.496 e. The molecule has 1 N–H and O–H groups in total. The predicted molar refractivity (Wildman–Crippen MR) is 107 cm³/mol. The second-order valence-corrected chi connectivity index (χ2v) is 7.46. The number of benzene rings is 1. The fourth-order valence-corrected chi connectivity index (χ4v) is 4.16. The number of carbonyl (C=O) groups is 3. The van der Waals surface area contributed by atoms with Crippen LogP contribution in [0.15, 0.2) is 23.8 Å². The van der Waals surface area contributed by atoms with E-state index in [1.165, 1.54) is 11.0 Å². The van der Waals surface area contributed by atoms with E-state index in [0.29, 0.717) is 24.5 Å². The van der Waals surface area contributed by atoms with Crippen molar-refractivity contribution in [2.24, 2.45) is 0 Å². The van der Waals surface area contributed by atoms with E-state index in [-0.39, 0.29) is 11.6 Å². The molecule has 2 saturated heterocycles. The van der Waals surface area contributed by atoms with E-state index < -0.39 is 17.8 Å². The van der Waals surface area contributed by atoms with Crippen LogP contribution in [-0.4, -0.2) is 62.2 Å². The molecular formula is C21H25N3O5. The molecule has 2 aliphatic heterocycles. The number of morpholine rings is 1. The minimum atomic E-state index is -0.673. The van der Waals surface area contributed by atoms with E-state index in [1.807, 2.05) is 18.2 Å². The largest absolute Gasteiger partial charge is 0.496 e. The Morgan fingerprint density at radius 3 is 2.55 bits per heavy atom. The highest BCUT2D eigenvalue weighted by Crippen LogP contribution is 2.30. The second kappa shape index (κ2) is 8.24. The first-order chi connectivity index (χ1) is 14.1. The summed E-state index contributed by atoms with van der Waals surface area (Å²) in [6, 6.07) is 4.88. The lowest BCUT2D eigenvalue weighted by Gasteiger charge is -2.31. The Balaban J connectivity index is 1.63. The van der Waals surface area contributed by atoms with Crippen LogP contribution < -0.4 is 15.0 Å². The van der Waals surface area contributed by atoms with E-state index in [4.69, 9.17) is 9.47 Å². The van der Waals surface area contributed by atoms with Crippen LogP contribution in [0.2, 0.25) is 0 Å². The summed E-state index contributed by atoms with van der Waals surface area (Å²) >= 11 is 0. The Morgan fingerprint density at radius 2 is 1.86 bits per heavy atom. The third-order valence-electron chi connectivity index (χ3n) is 5.72. The molecule has 0 radical (unpaired) electrons. The Morgan fingerprint density at radius 1 is 1.14 bits per heavy atom. The molecule has 2 heterocycles. The molecule has 3 aliphatic rings. The van der Waals surface area contributed by atoms with Gasteiger partial charge in [-0.3, -0.25) is 19.8 Å². The molecule has 0 bridgehead atoms. The zero-order valence-corrected chi connectivity index (χ0v) is 16.5. The molecule has 1 aromatic rings. The van der Waals surface area contributed by atoms with Gasteiger partial charge in [-0.2, -0.15) is 0 Å². The van der Waals surface area contributed by atoms with E-state index in [9.17, 15) is 14.4 Å². The van der Waals surface area contributed by atoms with Crippen LogP contribution in [0.5, 0.6) is 5.75 Å². The van der Waals surface area contributed by atoms with Gasteiger partial charge in [0.1, 0.15) is 11.3 Å². The zero-order chi connectivity index (χ0) is 20.4. The first-order valence-corrected chi connectivity index (χ1v) is 10.00. The van der Waals surface area contributed by atoms with Gasteiger partial charge in [-0.1, -0.05) is 12.8 Å². The molecule has 8 nitrogen and oxygen atoms in total. The average Bonchev–Trinajstić information content (AvgIpc) is 3.26. The number of ether oxygens (including phenoxy) is 2. The van der Waals surface area contributed by atoms with Crippen molar-refractivity contribution in [1.29, 1.82) is 0 Å². The highest BCUT2D eigenvalue weighted by molar-refractivity contribution is 6.31. The number of rotatable bonds is 4. The number of imide groups is 2. The van der Waals surface area contributed by atoms with Crippen molar-refractivity contribution in [3.05, 3.63) is 29.3 Å². The predicted octanol–water partition coefficient (Wildman–Crippen LogP) is 1.94. The summed E-state index contributed by atoms with van der Waals surface area (Å²) in [5, 5.41) is 2.30. The Hall–Kier alpha value is -2.87. The fraction of sp³-hybridized carbons (Fsp3) is 0.476. The number of methoxy groups -OCH3 is 1. The van der Waals surface area contributed by atoms with Crippen molar-refractivity contribution in [3.8, 4) is 5.75 Å². The summed E-state index contributed by atoms with van der Waals surface area (Å²) in [5.41, 5.74) is 1.56. The van der Waals surface area contributed by atoms with Gasteiger partial charge in [0, 0.05) is 36.4 Å². The maximum absolute atomic E-state index is 13.0. The molecule has 0 unspecified atom stereocenters. The Kier molecular flexibility index (Phi) is 5.53. The smallest absolute Gasteiger partial charge is 0.331 e. The van der Waals surface area contributed by atoms with Crippen molar-refractivity contribution >= 4 is 29.6 Å². The van der Waals surface area contributed by atoms with Crippen molar-refractivity contribution in [3.63, 3.8) is 0 Å². The van der Waals surface area contributed by atoms with Gasteiger partial charge in [0.25, 0.3) is 11.8 Å². The molecule has 4 amide bonds. The van der Waals surface area contributed by atoms with Crippen LogP contribution in [0.3, 0.4) is 0 Å². The molecule has 0 atom stereocenters. The van der Waals surface area contributed by atoms with Crippen LogP contribution in [-0.2, 0) is 14.3 Å². The van der Waals surface area contributed by atoms with Gasteiger partial charge >= 0.3 is 6.03 Å². The summed E-state index contributed by atoms with van der Waals surface area (Å²) in [4.78, 5) is 41.0. The highest BCUT2D eigenvalue weighted by atomic mass is 16.5. The van der Waals surface area contributed by atoms with Crippen LogP contribution in [0, 0.1) is 0 Å². The van der Waals surface area contributed by atoms with E-state index in [2.05, 4.69) is 10.2 Å². The van der Waals surface area contributed by atoms with Gasteiger partial charge in [-0.25, -0.2) is 4.79 Å². The molecule has 0 aromatic heterocycles. The Labute approximate surface area is 169 Å². The monoisotopic (exact) mass is 399 g/mol. The standard InChI is InChI=1S/C21H25N3O5/c1-28-18-13-16(23-8-10-29-11-9-23)7-6-14(18)12-17-19(25)22-21(27)24(20(17)26)15-4-2-3-5-15/h6-7,12-13,15H,2-5,8-11H2,1H3,(H,22,25,27)/b17-12+. The summed E-state index contributed by atoms with van der Waals surface area (Å²) in [6.07, 6.45) is 5.02. The molecule has 3 fully saturated rings. The number of carbonyl (C=O) groups excluding carboxylic acids is 3. The minimum absolute atomic E-state index is 0.0473. The van der Waals surface area contributed by atoms with Gasteiger partial charge in [0.2, 0.25) is 0 Å². The summed E-state index contributed by atoms with van der Waals surface area (Å²) in [5.74, 6) is -0.648. The second-order valence-electron chi connectivity index (χ2n) is 7.46. The number of amides is 4. The van der Waals surface area contributed by atoms with Crippen molar-refractivity contribution in [2.75, 3.05) is 38.3 Å². The summed E-state index contributed by atoms with van der Waals surface area (Å²) < 4.78 is 10.9. The molecule has 0 spiro atoms. The SMILES string of the molecule is COc1cc(N2CCOCC2)ccc1/C=C1\C(=O)NC(=O)N(C2CCCC2)C1=O. The third-order valence-corrected chi connectivity index (χ3v) is 5.72. The van der Waals surface area contributed by atoms with Gasteiger partial charge in [-0.05, 0) is 31.1 Å². The zero-order valence-electron chi connectivity index (χ0n) is 16.5. The number of barbiturate groups is 1. The molecular weight excluding hydrogens is 374 g/mol. The quantitative estimate of drug-likeness (QED) is 0.615. The molecule has 154 valence electrons. The number of nitrogens with zero attached hydrogens (tertiary/aromatic N) is 2. The van der Waals surface area contributed by atoms with Crippen molar-refractivity contribution in [1.82, 2.24) is 10.2 Å². The lowest BCUT2D eigenvalue weighted by molar-refractivity contribution is -0.131. The molecule has 8 heteroatoms. The lowest BCUT2D eigenvalue weighted by atomic mass is 10.0. The van der Waals surface area contributed by atoms with Crippen LogP contribution in [0.4, 0.5) is 10.5 Å². The van der Waals surface area contributed by atoms with Gasteiger partial charge in [-0.15, -0.1) is 0 Å². The summed E-state index contributed by atoms with van der Waals surface area (Å²) in [7, 11) is 1.55. The maximum Gasteiger partial charge on any atom is 0.331 e. The van der Waals surface area contributed by atoms with Gasteiger partial charge in [0.05, 0.1) is 20.3 Å². The van der Waals surface area contributed by atoms with Crippen molar-refractivity contribution < 1.29 is 23.9 Å². The third kappa shape index (κ3) is 3.85. The maximum atomic E-state index is 13.0. The number of anilines is 1. The van der Waals surface area contributed by atoms with E-state index >= 15 is 0 Å². The fourth-order valence-electron chi connectivity index (χ4n) is 4.16. The number of hydrogen-bond acceptors (Lipinski definition) is 6. The first-order valence-electron chi connectivity index (χ1n) is 10.00. The summed E-state index contributed by atoms with van der Waals surface area (Å²) in [6.45, 7) is 2.94. The molecule has 1 aliphatic carbocycles. The van der Waals surface area contributed by atoms with E-state index in [1.54, 1.807) is 7.11 Å². The Bertz CT molecular complexity index is 854. The first kappa shape index (κ1) is 19.4. The topological polar surface area (TPSA) is 88.2 Å². The number of urea groups is 1. The number of nitrogens with one attached hydrogen (secondary N) is 1. The average molecular weight is 399 g/mol. The van der Waals surface area contributed by atoms with Gasteiger partial charge in [0.15, 0.2) is 0 Å². The van der Waals surface area contributed by atoms with Crippen molar-refractivity contribution in [2.45, 2.75) is 31.7 Å². The van der Waals surface area contributed by atoms with Crippen LogP contribution in [0.25, 0.3) is 6.08 Å². The number of hydrogen-bond donors (Lipinski definition) is 1. The van der Waals surface area contributed by atoms with E-state index in [0.717, 1.165) is 44.5 Å².